The molecule has 11 heteroatoms. The molecule has 0 spiro atoms. The van der Waals surface area contributed by atoms with Crippen LogP contribution in [0.1, 0.15) is 33.6 Å². The van der Waals surface area contributed by atoms with E-state index in [1.54, 1.807) is 72.4 Å². The van der Waals surface area contributed by atoms with Gasteiger partial charge < -0.3 is 34.8 Å². The molecule has 0 aliphatic rings. The molecule has 0 aliphatic carbocycles. The van der Waals surface area contributed by atoms with Gasteiger partial charge >= 0.3 is 5.97 Å². The Kier molecular flexibility index (Phi) is 9.14. The number of nitrogens with zero attached hydrogens (tertiary/aromatic N) is 3. The molecule has 3 aromatic heterocycles. The Morgan fingerprint density at radius 1 is 0.909 bits per heavy atom. The van der Waals surface area contributed by atoms with Gasteiger partial charge in [0.05, 0.1) is 18.0 Å². The maximum absolute atomic E-state index is 12.8. The standard InChI is InChI=1S/C22H25N6O4.Ac/c1-5-32-20(29)7-6-17-9-15(12-26(17)2)24-22(31)19-10-16(13-28(19)4)25-21(30)18-8-14(23)11-27(18)3;/h6-13,23H,5H2,1-4H3,(H,24,31)(H,25,30);/q-1;/b7-6+;. The number of hydrogen-bond donors (Lipinski definition) is 2. The number of hydrogen-bond acceptors (Lipinski definition) is 4. The SMILES string of the molecule is CCOC(=O)/C=C/c1cc(NC(=O)c2cc(NC(=O)c3cc([NH-])cn3C)cn2C)cn1C.[Ac]. The molecule has 0 saturated carbocycles. The molecular formula is C22H25AcN6O4-. The van der Waals surface area contributed by atoms with Crippen molar-refractivity contribution >= 4 is 40.9 Å². The molecule has 33 heavy (non-hydrogen) atoms. The first-order valence-corrected chi connectivity index (χ1v) is 9.86. The van der Waals surface area contributed by atoms with Crippen molar-refractivity contribution in [1.29, 1.82) is 0 Å². The second-order valence-electron chi connectivity index (χ2n) is 7.21. The summed E-state index contributed by atoms with van der Waals surface area (Å²) >= 11 is 0. The zero-order valence-electron chi connectivity index (χ0n) is 18.9. The van der Waals surface area contributed by atoms with Crippen molar-refractivity contribution in [3.63, 3.8) is 0 Å². The summed E-state index contributed by atoms with van der Waals surface area (Å²) < 4.78 is 9.80. The quantitative estimate of drug-likeness (QED) is 0.297. The summed E-state index contributed by atoms with van der Waals surface area (Å²) in [5.74, 6) is -1.16. The van der Waals surface area contributed by atoms with Crippen LogP contribution in [0.4, 0.5) is 17.1 Å². The van der Waals surface area contributed by atoms with Gasteiger partial charge in [-0.25, -0.2) is 4.79 Å². The molecule has 3 N–H and O–H groups in total. The average molecular weight is 664 g/mol. The fourth-order valence-corrected chi connectivity index (χ4v) is 3.20. The summed E-state index contributed by atoms with van der Waals surface area (Å²) in [6.07, 6.45) is 7.83. The largest absolute Gasteiger partial charge is 0.697 e. The van der Waals surface area contributed by atoms with Gasteiger partial charge in [0.2, 0.25) is 0 Å². The van der Waals surface area contributed by atoms with Crippen LogP contribution >= 0.6 is 0 Å². The second kappa shape index (κ2) is 11.4. The minimum absolute atomic E-state index is 0. The monoisotopic (exact) mass is 664 g/mol. The third-order valence-electron chi connectivity index (χ3n) is 4.71. The van der Waals surface area contributed by atoms with Crippen molar-refractivity contribution < 1.29 is 63.2 Å². The van der Waals surface area contributed by atoms with Crippen LogP contribution in [0.2, 0.25) is 0 Å². The van der Waals surface area contributed by atoms with Crippen molar-refractivity contribution in [2.75, 3.05) is 17.2 Å². The van der Waals surface area contributed by atoms with Crippen LogP contribution in [0, 0.1) is 44.1 Å². The zero-order chi connectivity index (χ0) is 23.4. The van der Waals surface area contributed by atoms with Crippen LogP contribution in [0.3, 0.4) is 0 Å². The first-order valence-electron chi connectivity index (χ1n) is 9.86. The molecule has 0 atom stereocenters. The number of rotatable bonds is 7. The molecule has 3 aromatic rings. The second-order valence-corrected chi connectivity index (χ2v) is 7.21. The third kappa shape index (κ3) is 6.62. The maximum Gasteiger partial charge on any atom is 0.330 e. The van der Waals surface area contributed by atoms with Gasteiger partial charge in [-0.3, -0.25) is 9.59 Å². The van der Waals surface area contributed by atoms with Crippen LogP contribution in [-0.2, 0) is 30.7 Å². The number of esters is 1. The van der Waals surface area contributed by atoms with Crippen molar-refractivity contribution in [2.45, 2.75) is 6.92 Å². The summed E-state index contributed by atoms with van der Waals surface area (Å²) in [5.41, 5.74) is 10.3. The smallest absolute Gasteiger partial charge is 0.330 e. The first-order chi connectivity index (χ1) is 15.2. The van der Waals surface area contributed by atoms with Gasteiger partial charge in [-0.15, -0.1) is 5.69 Å². The summed E-state index contributed by atoms with van der Waals surface area (Å²) in [6, 6.07) is 4.77. The molecule has 0 aliphatic heterocycles. The zero-order valence-corrected chi connectivity index (χ0v) is 23.6. The Labute approximate surface area is 227 Å². The molecule has 0 saturated heterocycles. The summed E-state index contributed by atoms with van der Waals surface area (Å²) in [5, 5.41) is 5.55. The Bertz CT molecular complexity index is 1200. The number of anilines is 2. The van der Waals surface area contributed by atoms with E-state index < -0.39 is 5.97 Å². The molecule has 0 unspecified atom stereocenters. The Hall–Kier alpha value is -2.77. The van der Waals surface area contributed by atoms with Crippen LogP contribution in [0.25, 0.3) is 11.8 Å². The van der Waals surface area contributed by atoms with E-state index in [1.807, 2.05) is 0 Å². The molecule has 3 rings (SSSR count). The topological polar surface area (TPSA) is 123 Å². The van der Waals surface area contributed by atoms with Crippen LogP contribution < -0.4 is 10.6 Å². The van der Waals surface area contributed by atoms with Gasteiger partial charge in [0.15, 0.2) is 0 Å². The summed E-state index contributed by atoms with van der Waals surface area (Å²) in [7, 11) is 5.18. The normalized spacial score (nSPS) is 10.7. The summed E-state index contributed by atoms with van der Waals surface area (Å²) in [4.78, 5) is 36.7. The van der Waals surface area contributed by atoms with E-state index in [9.17, 15) is 14.4 Å². The van der Waals surface area contributed by atoms with Crippen molar-refractivity contribution in [1.82, 2.24) is 13.7 Å². The molecule has 0 bridgehead atoms. The molecule has 0 aromatic carbocycles. The minimum Gasteiger partial charge on any atom is -0.697 e. The molecule has 1 radical (unpaired) electrons. The van der Waals surface area contributed by atoms with E-state index in [1.165, 1.54) is 18.3 Å². The van der Waals surface area contributed by atoms with E-state index >= 15 is 0 Å². The van der Waals surface area contributed by atoms with E-state index in [0.717, 1.165) is 0 Å². The van der Waals surface area contributed by atoms with Gasteiger partial charge in [0, 0.05) is 89.4 Å². The third-order valence-corrected chi connectivity index (χ3v) is 4.71. The Balaban J connectivity index is 0.00000385. The van der Waals surface area contributed by atoms with Gasteiger partial charge in [-0.1, -0.05) is 0 Å². The molecule has 171 valence electrons. The van der Waals surface area contributed by atoms with Crippen LogP contribution in [0.15, 0.2) is 42.9 Å². The fourth-order valence-electron chi connectivity index (χ4n) is 3.20. The van der Waals surface area contributed by atoms with Gasteiger partial charge in [0.25, 0.3) is 11.8 Å². The first kappa shape index (κ1) is 26.5. The number of amides is 2. The van der Waals surface area contributed by atoms with Crippen molar-refractivity contribution in [2.24, 2.45) is 21.1 Å². The predicted octanol–water partition coefficient (Wildman–Crippen LogP) is 3.47. The van der Waals surface area contributed by atoms with Gasteiger partial charge in [-0.2, -0.15) is 0 Å². The van der Waals surface area contributed by atoms with Crippen LogP contribution in [0.5, 0.6) is 0 Å². The number of carbonyl (C=O) groups is 3. The maximum atomic E-state index is 12.8. The molecule has 10 nitrogen and oxygen atoms in total. The average Bonchev–Trinajstić information content (AvgIpc) is 3.36. The Morgan fingerprint density at radius 2 is 1.45 bits per heavy atom. The van der Waals surface area contributed by atoms with Gasteiger partial charge in [-0.05, 0) is 37.4 Å². The fraction of sp³-hybridized carbons (Fsp3) is 0.227. The molecule has 0 fully saturated rings. The number of nitrogens with one attached hydrogen (secondary N) is 3. The van der Waals surface area contributed by atoms with E-state index in [-0.39, 0.29) is 61.6 Å². The predicted molar refractivity (Wildman–Crippen MR) is 122 cm³/mol. The molecular weight excluding hydrogens is 639 g/mol. The minimum atomic E-state index is -0.438. The van der Waals surface area contributed by atoms with Crippen LogP contribution in [-0.4, -0.2) is 38.1 Å². The van der Waals surface area contributed by atoms with Gasteiger partial charge in [0.1, 0.15) is 11.4 Å². The van der Waals surface area contributed by atoms with Crippen molar-refractivity contribution in [3.05, 3.63) is 65.7 Å². The molecule has 2 amide bonds. The summed E-state index contributed by atoms with van der Waals surface area (Å²) in [6.45, 7) is 2.03. The van der Waals surface area contributed by atoms with E-state index in [0.29, 0.717) is 35.1 Å². The van der Waals surface area contributed by atoms with E-state index in [4.69, 9.17) is 10.5 Å². The number of ether oxygens (including phenoxy) is 1. The molecule has 3 heterocycles. The number of aromatic nitrogens is 3. The number of carbonyl (C=O) groups excluding carboxylic acids is 3. The van der Waals surface area contributed by atoms with Crippen molar-refractivity contribution in [3.8, 4) is 0 Å². The number of aryl methyl sites for hydroxylation is 3. The van der Waals surface area contributed by atoms with E-state index in [2.05, 4.69) is 10.6 Å². The Morgan fingerprint density at radius 3 is 2.03 bits per heavy atom.